The molecule has 0 radical (unpaired) electrons. The van der Waals surface area contributed by atoms with E-state index in [0.29, 0.717) is 11.1 Å². The lowest BCUT2D eigenvalue weighted by molar-refractivity contribution is 0.432. The van der Waals surface area contributed by atoms with Crippen LogP contribution in [0.4, 0.5) is 4.39 Å². The summed E-state index contributed by atoms with van der Waals surface area (Å²) in [5.74, 6) is -0.760. The predicted octanol–water partition coefficient (Wildman–Crippen LogP) is 2.78. The molecule has 3 heteroatoms. The first-order valence-electron chi connectivity index (χ1n) is 3.37. The second-order valence-electron chi connectivity index (χ2n) is 2.40. The molecule has 0 unspecified atom stereocenters. The molecule has 0 fully saturated rings. The SMILES string of the molecule is C=C(CCl)c1ccc(O)c(F)c1. The number of allylic oxidation sites excluding steroid dienone is 1. The van der Waals surface area contributed by atoms with E-state index in [-0.39, 0.29) is 11.6 Å². The molecule has 0 heterocycles. The van der Waals surface area contributed by atoms with E-state index < -0.39 is 5.82 Å². The van der Waals surface area contributed by atoms with Gasteiger partial charge in [-0.3, -0.25) is 0 Å². The predicted molar refractivity (Wildman–Crippen MR) is 47.8 cm³/mol. The molecule has 1 aromatic carbocycles. The Hall–Kier alpha value is -1.02. The maximum Gasteiger partial charge on any atom is 0.165 e. The standard InChI is InChI=1S/C9H8ClFO/c1-6(5-10)7-2-3-9(12)8(11)4-7/h2-4,12H,1,5H2. The molecule has 1 nitrogen and oxygen atoms in total. The Kier molecular flexibility index (Phi) is 2.71. The van der Waals surface area contributed by atoms with Gasteiger partial charge in [0.2, 0.25) is 0 Å². The normalized spacial score (nSPS) is 9.83. The summed E-state index contributed by atoms with van der Waals surface area (Å²) in [4.78, 5) is 0. The third kappa shape index (κ3) is 1.77. The van der Waals surface area contributed by atoms with E-state index in [4.69, 9.17) is 16.7 Å². The summed E-state index contributed by atoms with van der Waals surface area (Å²) in [6.45, 7) is 3.63. The maximum absolute atomic E-state index is 12.7. The molecule has 0 bridgehead atoms. The molecule has 12 heavy (non-hydrogen) atoms. The minimum Gasteiger partial charge on any atom is -0.505 e. The third-order valence-electron chi connectivity index (χ3n) is 1.52. The molecular weight excluding hydrogens is 179 g/mol. The zero-order chi connectivity index (χ0) is 9.14. The smallest absolute Gasteiger partial charge is 0.165 e. The average Bonchev–Trinajstić information content (AvgIpc) is 2.08. The summed E-state index contributed by atoms with van der Waals surface area (Å²) in [6.07, 6.45) is 0. The Labute approximate surface area is 75.1 Å². The van der Waals surface area contributed by atoms with Gasteiger partial charge in [-0.25, -0.2) is 4.39 Å². The largest absolute Gasteiger partial charge is 0.505 e. The summed E-state index contributed by atoms with van der Waals surface area (Å²) in [5, 5.41) is 8.86. The van der Waals surface area contributed by atoms with Gasteiger partial charge in [-0.2, -0.15) is 0 Å². The van der Waals surface area contributed by atoms with Crippen LogP contribution in [0, 0.1) is 5.82 Å². The third-order valence-corrected chi connectivity index (χ3v) is 1.84. The second kappa shape index (κ2) is 3.59. The van der Waals surface area contributed by atoms with Gasteiger partial charge in [0.1, 0.15) is 0 Å². The second-order valence-corrected chi connectivity index (χ2v) is 2.67. The Balaban J connectivity index is 3.05. The molecule has 0 spiro atoms. The highest BCUT2D eigenvalue weighted by Gasteiger charge is 2.02. The first-order chi connectivity index (χ1) is 5.65. The lowest BCUT2D eigenvalue weighted by atomic mass is 10.1. The monoisotopic (exact) mass is 186 g/mol. The number of phenolic OH excluding ortho intramolecular Hbond substituents is 1. The summed E-state index contributed by atoms with van der Waals surface area (Å²) in [5.41, 5.74) is 1.25. The number of aromatic hydroxyl groups is 1. The molecule has 0 aliphatic carbocycles. The zero-order valence-electron chi connectivity index (χ0n) is 6.35. The first kappa shape index (κ1) is 9.07. The van der Waals surface area contributed by atoms with Crippen molar-refractivity contribution < 1.29 is 9.50 Å². The molecular formula is C9H8ClFO. The molecule has 0 saturated carbocycles. The van der Waals surface area contributed by atoms with E-state index in [1.807, 2.05) is 0 Å². The minimum atomic E-state index is -0.654. The fraction of sp³-hybridized carbons (Fsp3) is 0.111. The van der Waals surface area contributed by atoms with Gasteiger partial charge >= 0.3 is 0 Å². The van der Waals surface area contributed by atoms with Crippen LogP contribution in [0.3, 0.4) is 0 Å². The van der Waals surface area contributed by atoms with Crippen molar-refractivity contribution in [3.05, 3.63) is 36.2 Å². The first-order valence-corrected chi connectivity index (χ1v) is 3.91. The number of halogens is 2. The van der Waals surface area contributed by atoms with Crippen LogP contribution in [0.5, 0.6) is 5.75 Å². The molecule has 1 N–H and O–H groups in total. The fourth-order valence-corrected chi connectivity index (χ4v) is 0.958. The zero-order valence-corrected chi connectivity index (χ0v) is 7.11. The highest BCUT2D eigenvalue weighted by molar-refractivity contribution is 6.23. The van der Waals surface area contributed by atoms with Gasteiger partial charge in [0.05, 0.1) is 0 Å². The van der Waals surface area contributed by atoms with Crippen molar-refractivity contribution in [3.63, 3.8) is 0 Å². The maximum atomic E-state index is 12.7. The lowest BCUT2D eigenvalue weighted by Crippen LogP contribution is -1.85. The van der Waals surface area contributed by atoms with E-state index in [9.17, 15) is 4.39 Å². The summed E-state index contributed by atoms with van der Waals surface area (Å²) >= 11 is 5.49. The molecule has 1 aromatic rings. The molecule has 64 valence electrons. The Morgan fingerprint density at radius 1 is 1.58 bits per heavy atom. The van der Waals surface area contributed by atoms with Crippen LogP contribution < -0.4 is 0 Å². The van der Waals surface area contributed by atoms with E-state index in [1.54, 1.807) is 6.07 Å². The van der Waals surface area contributed by atoms with Crippen molar-refractivity contribution in [2.24, 2.45) is 0 Å². The average molecular weight is 187 g/mol. The number of rotatable bonds is 2. The molecule has 0 aromatic heterocycles. The quantitative estimate of drug-likeness (QED) is 0.705. The van der Waals surface area contributed by atoms with E-state index >= 15 is 0 Å². The molecule has 0 atom stereocenters. The molecule has 0 aliphatic heterocycles. The van der Waals surface area contributed by atoms with Crippen LogP contribution in [0.2, 0.25) is 0 Å². The van der Waals surface area contributed by atoms with Crippen molar-refractivity contribution in [1.29, 1.82) is 0 Å². The number of phenols is 1. The highest BCUT2D eigenvalue weighted by atomic mass is 35.5. The van der Waals surface area contributed by atoms with Crippen LogP contribution in [0.25, 0.3) is 5.57 Å². The van der Waals surface area contributed by atoms with Gasteiger partial charge in [-0.05, 0) is 23.3 Å². The molecule has 1 rings (SSSR count). The van der Waals surface area contributed by atoms with Gasteiger partial charge < -0.3 is 5.11 Å². The summed E-state index contributed by atoms with van der Waals surface area (Å²) in [6, 6.07) is 4.06. The Morgan fingerprint density at radius 3 is 2.75 bits per heavy atom. The fourth-order valence-electron chi connectivity index (χ4n) is 0.804. The molecule has 0 saturated heterocycles. The Bertz CT molecular complexity index is 309. The van der Waals surface area contributed by atoms with Gasteiger partial charge in [0.15, 0.2) is 11.6 Å². The van der Waals surface area contributed by atoms with Crippen molar-refractivity contribution in [3.8, 4) is 5.75 Å². The van der Waals surface area contributed by atoms with Crippen LogP contribution in [0.15, 0.2) is 24.8 Å². The van der Waals surface area contributed by atoms with E-state index in [1.165, 1.54) is 12.1 Å². The van der Waals surface area contributed by atoms with Gasteiger partial charge in [0, 0.05) is 5.88 Å². The van der Waals surface area contributed by atoms with Gasteiger partial charge in [0.25, 0.3) is 0 Å². The van der Waals surface area contributed by atoms with Gasteiger partial charge in [-0.15, -0.1) is 11.6 Å². The number of hydrogen-bond acceptors (Lipinski definition) is 1. The van der Waals surface area contributed by atoms with Crippen LogP contribution in [-0.2, 0) is 0 Å². The molecule has 0 aliphatic rings. The van der Waals surface area contributed by atoms with Crippen LogP contribution in [0.1, 0.15) is 5.56 Å². The van der Waals surface area contributed by atoms with Crippen molar-refractivity contribution in [2.75, 3.05) is 5.88 Å². The molecule has 0 amide bonds. The van der Waals surface area contributed by atoms with Crippen LogP contribution in [-0.4, -0.2) is 11.0 Å². The number of benzene rings is 1. The summed E-state index contributed by atoms with van der Waals surface area (Å²) < 4.78 is 12.7. The lowest BCUT2D eigenvalue weighted by Gasteiger charge is -2.02. The summed E-state index contributed by atoms with van der Waals surface area (Å²) in [7, 11) is 0. The Morgan fingerprint density at radius 2 is 2.25 bits per heavy atom. The topological polar surface area (TPSA) is 20.2 Å². The van der Waals surface area contributed by atoms with Crippen molar-refractivity contribution in [2.45, 2.75) is 0 Å². The minimum absolute atomic E-state index is 0.254. The highest BCUT2D eigenvalue weighted by Crippen LogP contribution is 2.21. The van der Waals surface area contributed by atoms with Crippen molar-refractivity contribution >= 4 is 17.2 Å². The van der Waals surface area contributed by atoms with Gasteiger partial charge in [-0.1, -0.05) is 12.6 Å². The van der Waals surface area contributed by atoms with Crippen LogP contribution >= 0.6 is 11.6 Å². The van der Waals surface area contributed by atoms with E-state index in [2.05, 4.69) is 6.58 Å². The number of hydrogen-bond donors (Lipinski definition) is 1. The van der Waals surface area contributed by atoms with Crippen molar-refractivity contribution in [1.82, 2.24) is 0 Å². The number of alkyl halides is 1. The van der Waals surface area contributed by atoms with E-state index in [0.717, 1.165) is 0 Å².